The van der Waals surface area contributed by atoms with Crippen LogP contribution in [0.5, 0.6) is 0 Å². The van der Waals surface area contributed by atoms with Gasteiger partial charge in [0.2, 0.25) is 0 Å². The Bertz CT molecular complexity index is 156. The summed E-state index contributed by atoms with van der Waals surface area (Å²) in [5.41, 5.74) is 0. The number of hydrogen-bond acceptors (Lipinski definition) is 2. The lowest BCUT2D eigenvalue weighted by atomic mass is 10.1. The number of quaternary nitrogens is 1. The molecular formula is C10H22INO2. The van der Waals surface area contributed by atoms with Crippen LogP contribution in [0.15, 0.2) is 0 Å². The van der Waals surface area contributed by atoms with E-state index >= 15 is 0 Å². The van der Waals surface area contributed by atoms with E-state index < -0.39 is 0 Å². The number of hydrogen-bond donors (Lipinski definition) is 1. The third-order valence-electron chi connectivity index (χ3n) is 3.00. The number of likely N-dealkylation sites (N-methyl/N-ethyl adjacent to an activating group) is 1. The van der Waals surface area contributed by atoms with Gasteiger partial charge in [0.1, 0.15) is 31.8 Å². The van der Waals surface area contributed by atoms with Crippen molar-refractivity contribution in [3.63, 3.8) is 0 Å². The Kier molecular flexibility index (Phi) is 6.52. The van der Waals surface area contributed by atoms with E-state index in [2.05, 4.69) is 20.8 Å². The summed E-state index contributed by atoms with van der Waals surface area (Å²) in [4.78, 5) is 0. The molecule has 1 N–H and O–H groups in total. The lowest BCUT2D eigenvalue weighted by Gasteiger charge is -2.45. The molecule has 2 unspecified atom stereocenters. The molecule has 0 aromatic rings. The normalized spacial score (nSPS) is 37.7. The van der Waals surface area contributed by atoms with Gasteiger partial charge in [-0.15, -0.1) is 0 Å². The van der Waals surface area contributed by atoms with Crippen LogP contribution in [0.1, 0.15) is 20.8 Å². The maximum Gasteiger partial charge on any atom is 0.105 e. The highest BCUT2D eigenvalue weighted by Gasteiger charge is 2.35. The molecule has 3 nitrogen and oxygen atoms in total. The molecule has 0 saturated carbocycles. The van der Waals surface area contributed by atoms with E-state index in [1.807, 2.05) is 0 Å². The van der Waals surface area contributed by atoms with Crippen molar-refractivity contribution in [2.45, 2.75) is 33.0 Å². The van der Waals surface area contributed by atoms with Crippen LogP contribution in [0, 0.1) is 0 Å². The number of nitrogens with zero attached hydrogens (tertiary/aromatic N) is 1. The number of ether oxygens (including phenoxy) is 1. The molecule has 1 saturated heterocycles. The molecule has 4 heteroatoms. The standard InChI is InChI=1S/C10H22NO2.HI/c1-4-11(5-6-12)7-9(2)13-10(3)8-11;/h9-10,12H,4-8H2,1-3H3;1H/q+1;/p-1. The predicted molar refractivity (Wildman–Crippen MR) is 52.5 cm³/mol. The monoisotopic (exact) mass is 315 g/mol. The van der Waals surface area contributed by atoms with Crippen LogP contribution in [-0.2, 0) is 4.74 Å². The number of morpholine rings is 1. The van der Waals surface area contributed by atoms with Crippen molar-refractivity contribution < 1.29 is 38.3 Å². The minimum Gasteiger partial charge on any atom is -1.00 e. The van der Waals surface area contributed by atoms with Crippen molar-refractivity contribution in [1.82, 2.24) is 0 Å². The zero-order valence-electron chi connectivity index (χ0n) is 9.37. The van der Waals surface area contributed by atoms with Gasteiger partial charge in [-0.05, 0) is 20.8 Å². The molecule has 0 aliphatic carbocycles. The molecule has 1 rings (SSSR count). The van der Waals surface area contributed by atoms with E-state index in [0.29, 0.717) is 12.2 Å². The molecule has 0 aromatic heterocycles. The SMILES string of the molecule is CC[N+]1(CCO)CC(C)OC(C)C1.[I-]. The van der Waals surface area contributed by atoms with Crippen molar-refractivity contribution >= 4 is 0 Å². The fourth-order valence-corrected chi connectivity index (χ4v) is 2.46. The molecule has 0 aromatic carbocycles. The Morgan fingerprint density at radius 1 is 1.29 bits per heavy atom. The van der Waals surface area contributed by atoms with Gasteiger partial charge in [-0.2, -0.15) is 0 Å². The topological polar surface area (TPSA) is 29.5 Å². The summed E-state index contributed by atoms with van der Waals surface area (Å²) in [5.74, 6) is 0. The Morgan fingerprint density at radius 3 is 2.14 bits per heavy atom. The first-order valence-electron chi connectivity index (χ1n) is 5.23. The van der Waals surface area contributed by atoms with Crippen molar-refractivity contribution in [2.75, 3.05) is 32.8 Å². The number of halogens is 1. The van der Waals surface area contributed by atoms with E-state index in [9.17, 15) is 0 Å². The number of aliphatic hydroxyl groups is 1. The number of rotatable bonds is 3. The average Bonchev–Trinajstić information content (AvgIpc) is 2.03. The first-order chi connectivity index (χ1) is 6.12. The molecular weight excluding hydrogens is 293 g/mol. The van der Waals surface area contributed by atoms with Gasteiger partial charge in [-0.3, -0.25) is 0 Å². The van der Waals surface area contributed by atoms with Crippen molar-refractivity contribution in [3.05, 3.63) is 0 Å². The highest BCUT2D eigenvalue weighted by molar-refractivity contribution is 4.63. The lowest BCUT2D eigenvalue weighted by Crippen LogP contribution is -3.00. The van der Waals surface area contributed by atoms with E-state index in [4.69, 9.17) is 9.84 Å². The van der Waals surface area contributed by atoms with Crippen LogP contribution >= 0.6 is 0 Å². The average molecular weight is 315 g/mol. The third-order valence-corrected chi connectivity index (χ3v) is 3.00. The first-order valence-corrected chi connectivity index (χ1v) is 5.23. The molecule has 2 atom stereocenters. The maximum atomic E-state index is 9.03. The lowest BCUT2D eigenvalue weighted by molar-refractivity contribution is -0.940. The van der Waals surface area contributed by atoms with E-state index in [1.54, 1.807) is 0 Å². The van der Waals surface area contributed by atoms with E-state index in [1.165, 1.54) is 0 Å². The second kappa shape index (κ2) is 6.25. The van der Waals surface area contributed by atoms with Crippen molar-refractivity contribution in [3.8, 4) is 0 Å². The minimum absolute atomic E-state index is 0. The zero-order valence-corrected chi connectivity index (χ0v) is 11.5. The summed E-state index contributed by atoms with van der Waals surface area (Å²) in [6.07, 6.45) is 0.658. The molecule has 1 aliphatic heterocycles. The van der Waals surface area contributed by atoms with Crippen LogP contribution in [0.4, 0.5) is 0 Å². The van der Waals surface area contributed by atoms with Crippen LogP contribution in [-0.4, -0.2) is 54.6 Å². The molecule has 14 heavy (non-hydrogen) atoms. The predicted octanol–water partition coefficient (Wildman–Crippen LogP) is -2.37. The second-order valence-corrected chi connectivity index (χ2v) is 4.23. The third kappa shape index (κ3) is 3.64. The molecule has 1 aliphatic rings. The van der Waals surface area contributed by atoms with Crippen LogP contribution in [0.2, 0.25) is 0 Å². The van der Waals surface area contributed by atoms with Gasteiger partial charge in [-0.1, -0.05) is 0 Å². The van der Waals surface area contributed by atoms with Crippen molar-refractivity contribution in [2.24, 2.45) is 0 Å². The van der Waals surface area contributed by atoms with E-state index in [0.717, 1.165) is 30.7 Å². The van der Waals surface area contributed by atoms with Gasteiger partial charge in [0.05, 0.1) is 13.2 Å². The Labute approximate surface area is 104 Å². The summed E-state index contributed by atoms with van der Waals surface area (Å²) in [5, 5.41) is 9.03. The van der Waals surface area contributed by atoms with Crippen LogP contribution in [0.3, 0.4) is 0 Å². The summed E-state index contributed by atoms with van der Waals surface area (Å²) >= 11 is 0. The Balaban J connectivity index is 0.00000169. The summed E-state index contributed by atoms with van der Waals surface area (Å²) in [7, 11) is 0. The van der Waals surface area contributed by atoms with Gasteiger partial charge in [0.25, 0.3) is 0 Å². The largest absolute Gasteiger partial charge is 1.00 e. The van der Waals surface area contributed by atoms with Gasteiger partial charge in [0, 0.05) is 0 Å². The summed E-state index contributed by atoms with van der Waals surface area (Å²) in [6, 6.07) is 0. The zero-order chi connectivity index (χ0) is 9.90. The van der Waals surface area contributed by atoms with Crippen LogP contribution in [0.25, 0.3) is 0 Å². The fraction of sp³-hybridized carbons (Fsp3) is 1.00. The smallest absolute Gasteiger partial charge is 0.105 e. The van der Waals surface area contributed by atoms with Crippen molar-refractivity contribution in [1.29, 1.82) is 0 Å². The molecule has 0 bridgehead atoms. The first kappa shape index (κ1) is 14.6. The second-order valence-electron chi connectivity index (χ2n) is 4.23. The fourth-order valence-electron chi connectivity index (χ4n) is 2.46. The van der Waals surface area contributed by atoms with Crippen LogP contribution < -0.4 is 24.0 Å². The molecule has 0 radical (unpaired) electrons. The highest BCUT2D eigenvalue weighted by Crippen LogP contribution is 2.18. The maximum absolute atomic E-state index is 9.03. The number of aliphatic hydroxyl groups excluding tert-OH is 1. The Hall–Kier alpha value is 0.610. The molecule has 0 amide bonds. The van der Waals surface area contributed by atoms with Gasteiger partial charge in [-0.25, -0.2) is 0 Å². The summed E-state index contributed by atoms with van der Waals surface area (Å²) < 4.78 is 6.71. The highest BCUT2D eigenvalue weighted by atomic mass is 127. The molecule has 1 heterocycles. The van der Waals surface area contributed by atoms with Gasteiger partial charge < -0.3 is 38.3 Å². The van der Waals surface area contributed by atoms with Gasteiger partial charge >= 0.3 is 0 Å². The molecule has 1 fully saturated rings. The molecule has 86 valence electrons. The quantitative estimate of drug-likeness (QED) is 0.466. The molecule has 0 spiro atoms. The minimum atomic E-state index is 0. The summed E-state index contributed by atoms with van der Waals surface area (Å²) in [6.45, 7) is 10.8. The van der Waals surface area contributed by atoms with Gasteiger partial charge in [0.15, 0.2) is 0 Å². The Morgan fingerprint density at radius 2 is 1.79 bits per heavy atom. The van der Waals surface area contributed by atoms with E-state index in [-0.39, 0.29) is 30.6 Å².